The Kier molecular flexibility index (Phi) is 4.52. The normalized spacial score (nSPS) is 10.8. The van der Waals surface area contributed by atoms with Crippen molar-refractivity contribution in [1.82, 2.24) is 20.0 Å². The topological polar surface area (TPSA) is 102 Å². The molecule has 0 spiro atoms. The van der Waals surface area contributed by atoms with Crippen molar-refractivity contribution in [1.29, 1.82) is 0 Å². The molecule has 0 saturated carbocycles. The van der Waals surface area contributed by atoms with Crippen molar-refractivity contribution < 1.29 is 4.79 Å². The zero-order chi connectivity index (χ0) is 14.5. The summed E-state index contributed by atoms with van der Waals surface area (Å²) in [6.07, 6.45) is 4.95. The zero-order valence-corrected chi connectivity index (χ0v) is 11.8. The third-order valence-electron chi connectivity index (χ3n) is 3.26. The largest absolute Gasteiger partial charge is 0.330 e. The minimum atomic E-state index is -0.180. The van der Waals surface area contributed by atoms with Crippen LogP contribution in [0, 0.1) is 6.92 Å². The van der Waals surface area contributed by atoms with Crippen molar-refractivity contribution in [2.75, 3.05) is 11.9 Å². The van der Waals surface area contributed by atoms with E-state index in [1.165, 1.54) is 0 Å². The number of hydrogen-bond acceptors (Lipinski definition) is 4. The number of rotatable bonds is 6. The first-order valence-corrected chi connectivity index (χ1v) is 6.73. The molecule has 0 unspecified atom stereocenters. The van der Waals surface area contributed by atoms with Gasteiger partial charge in [0, 0.05) is 17.8 Å². The third kappa shape index (κ3) is 2.88. The maximum Gasteiger partial charge on any atom is 0.260 e. The van der Waals surface area contributed by atoms with Crippen LogP contribution in [0.2, 0.25) is 0 Å². The highest BCUT2D eigenvalue weighted by Gasteiger charge is 2.16. The highest BCUT2D eigenvalue weighted by Crippen LogP contribution is 2.14. The second-order valence-corrected chi connectivity index (χ2v) is 4.59. The second kappa shape index (κ2) is 6.33. The van der Waals surface area contributed by atoms with Crippen molar-refractivity contribution in [3.8, 4) is 0 Å². The summed E-state index contributed by atoms with van der Waals surface area (Å²) in [5, 5.41) is 13.8. The number of aromatic amines is 1. The van der Waals surface area contributed by atoms with Crippen molar-refractivity contribution in [2.24, 2.45) is 5.73 Å². The standard InChI is InChI=1S/C13H20N6O/c1-3-10-7-15-18-12(10)17-13(20)11-8-16-19(9(11)2)6-4-5-14/h7-8H,3-6,14H2,1-2H3,(H2,15,17,18,20). The number of nitrogens with two attached hydrogens (primary N) is 1. The molecular formula is C13H20N6O. The fourth-order valence-electron chi connectivity index (χ4n) is 2.00. The number of H-pyrrole nitrogens is 1. The van der Waals surface area contributed by atoms with Crippen molar-refractivity contribution >= 4 is 11.7 Å². The number of aromatic nitrogens is 4. The Bertz CT molecular complexity index is 585. The van der Waals surface area contributed by atoms with Gasteiger partial charge in [-0.1, -0.05) is 6.92 Å². The van der Waals surface area contributed by atoms with Gasteiger partial charge in [0.15, 0.2) is 0 Å². The van der Waals surface area contributed by atoms with Crippen LogP contribution in [0.4, 0.5) is 5.82 Å². The van der Waals surface area contributed by atoms with Gasteiger partial charge in [-0.2, -0.15) is 10.2 Å². The first kappa shape index (κ1) is 14.3. The summed E-state index contributed by atoms with van der Waals surface area (Å²) in [5.74, 6) is 0.465. The van der Waals surface area contributed by atoms with E-state index < -0.39 is 0 Å². The summed E-state index contributed by atoms with van der Waals surface area (Å²) in [7, 11) is 0. The molecule has 108 valence electrons. The molecule has 4 N–H and O–H groups in total. The highest BCUT2D eigenvalue weighted by molar-refractivity contribution is 6.04. The number of carbonyl (C=O) groups excluding carboxylic acids is 1. The predicted molar refractivity (Wildman–Crippen MR) is 76.6 cm³/mol. The van der Waals surface area contributed by atoms with E-state index in [-0.39, 0.29) is 5.91 Å². The Morgan fingerprint density at radius 3 is 3.00 bits per heavy atom. The predicted octanol–water partition coefficient (Wildman–Crippen LogP) is 1.08. The lowest BCUT2D eigenvalue weighted by Crippen LogP contribution is -2.15. The van der Waals surface area contributed by atoms with E-state index in [0.29, 0.717) is 17.9 Å². The molecule has 0 aliphatic rings. The van der Waals surface area contributed by atoms with E-state index in [9.17, 15) is 4.79 Å². The van der Waals surface area contributed by atoms with E-state index >= 15 is 0 Å². The summed E-state index contributed by atoms with van der Waals surface area (Å²) < 4.78 is 1.80. The quantitative estimate of drug-likeness (QED) is 0.734. The Morgan fingerprint density at radius 1 is 1.50 bits per heavy atom. The van der Waals surface area contributed by atoms with Gasteiger partial charge in [-0.3, -0.25) is 14.6 Å². The van der Waals surface area contributed by atoms with Crippen molar-refractivity contribution in [3.05, 3.63) is 29.2 Å². The first-order chi connectivity index (χ1) is 9.67. The molecule has 0 fully saturated rings. The van der Waals surface area contributed by atoms with E-state index in [2.05, 4.69) is 20.6 Å². The molecular weight excluding hydrogens is 256 g/mol. The third-order valence-corrected chi connectivity index (χ3v) is 3.26. The number of amides is 1. The summed E-state index contributed by atoms with van der Waals surface area (Å²) in [6, 6.07) is 0. The van der Waals surface area contributed by atoms with Crippen LogP contribution in [-0.2, 0) is 13.0 Å². The highest BCUT2D eigenvalue weighted by atomic mass is 16.1. The van der Waals surface area contributed by atoms with Gasteiger partial charge >= 0.3 is 0 Å². The Balaban J connectivity index is 2.11. The van der Waals surface area contributed by atoms with Crippen LogP contribution in [0.15, 0.2) is 12.4 Å². The molecule has 2 aromatic heterocycles. The molecule has 0 saturated heterocycles. The molecule has 1 amide bonds. The molecule has 0 radical (unpaired) electrons. The van der Waals surface area contributed by atoms with Gasteiger partial charge in [0.1, 0.15) is 5.82 Å². The lowest BCUT2D eigenvalue weighted by Gasteiger charge is -2.06. The number of anilines is 1. The average molecular weight is 276 g/mol. The molecule has 0 aromatic carbocycles. The molecule has 2 aromatic rings. The van der Waals surface area contributed by atoms with Gasteiger partial charge < -0.3 is 11.1 Å². The Morgan fingerprint density at radius 2 is 2.30 bits per heavy atom. The number of nitrogens with zero attached hydrogens (tertiary/aromatic N) is 3. The van der Waals surface area contributed by atoms with Crippen LogP contribution >= 0.6 is 0 Å². The lowest BCUT2D eigenvalue weighted by molar-refractivity contribution is 0.102. The van der Waals surface area contributed by atoms with E-state index in [0.717, 1.165) is 30.6 Å². The summed E-state index contributed by atoms with van der Waals surface area (Å²) >= 11 is 0. The summed E-state index contributed by atoms with van der Waals surface area (Å²) in [6.45, 7) is 5.22. The van der Waals surface area contributed by atoms with Crippen LogP contribution in [0.25, 0.3) is 0 Å². The molecule has 7 heteroatoms. The SMILES string of the molecule is CCc1cn[nH]c1NC(=O)c1cnn(CCCN)c1C. The number of carbonyl (C=O) groups is 1. The molecule has 2 heterocycles. The molecule has 0 aliphatic carbocycles. The van der Waals surface area contributed by atoms with Crippen molar-refractivity contribution in [3.63, 3.8) is 0 Å². The smallest absolute Gasteiger partial charge is 0.260 e. The van der Waals surface area contributed by atoms with E-state index in [4.69, 9.17) is 5.73 Å². The van der Waals surface area contributed by atoms with Crippen LogP contribution < -0.4 is 11.1 Å². The van der Waals surface area contributed by atoms with Crippen LogP contribution in [-0.4, -0.2) is 32.4 Å². The number of hydrogen-bond donors (Lipinski definition) is 3. The molecule has 0 aliphatic heterocycles. The lowest BCUT2D eigenvalue weighted by atomic mass is 10.2. The fourth-order valence-corrected chi connectivity index (χ4v) is 2.00. The second-order valence-electron chi connectivity index (χ2n) is 4.59. The number of aryl methyl sites for hydroxylation is 2. The van der Waals surface area contributed by atoms with E-state index in [1.807, 2.05) is 13.8 Å². The van der Waals surface area contributed by atoms with Gasteiger partial charge in [-0.05, 0) is 26.3 Å². The van der Waals surface area contributed by atoms with Crippen molar-refractivity contribution in [2.45, 2.75) is 33.2 Å². The number of nitrogens with one attached hydrogen (secondary N) is 2. The van der Waals surface area contributed by atoms with Crippen LogP contribution in [0.1, 0.15) is 35.0 Å². The van der Waals surface area contributed by atoms with Gasteiger partial charge in [0.05, 0.1) is 18.0 Å². The van der Waals surface area contributed by atoms with E-state index in [1.54, 1.807) is 17.1 Å². The van der Waals surface area contributed by atoms with Gasteiger partial charge in [-0.25, -0.2) is 0 Å². The maximum absolute atomic E-state index is 12.3. The maximum atomic E-state index is 12.3. The summed E-state index contributed by atoms with van der Waals surface area (Å²) in [5.41, 5.74) is 7.87. The Hall–Kier alpha value is -2.15. The van der Waals surface area contributed by atoms with Gasteiger partial charge in [0.2, 0.25) is 0 Å². The molecule has 7 nitrogen and oxygen atoms in total. The zero-order valence-electron chi connectivity index (χ0n) is 11.8. The first-order valence-electron chi connectivity index (χ1n) is 6.73. The average Bonchev–Trinajstić information content (AvgIpc) is 3.03. The molecule has 0 bridgehead atoms. The van der Waals surface area contributed by atoms with Gasteiger partial charge in [0.25, 0.3) is 5.91 Å². The monoisotopic (exact) mass is 276 g/mol. The minimum absolute atomic E-state index is 0.180. The van der Waals surface area contributed by atoms with Gasteiger partial charge in [-0.15, -0.1) is 0 Å². The minimum Gasteiger partial charge on any atom is -0.330 e. The fraction of sp³-hybridized carbons (Fsp3) is 0.462. The molecule has 2 rings (SSSR count). The Labute approximate surface area is 117 Å². The molecule has 0 atom stereocenters. The van der Waals surface area contributed by atoms with Crippen LogP contribution in [0.5, 0.6) is 0 Å². The van der Waals surface area contributed by atoms with Crippen LogP contribution in [0.3, 0.4) is 0 Å². The molecule has 20 heavy (non-hydrogen) atoms. The summed E-state index contributed by atoms with van der Waals surface area (Å²) in [4.78, 5) is 12.3.